The molecule has 0 bridgehead atoms. The maximum Gasteiger partial charge on any atom is 0.187 e. The van der Waals surface area contributed by atoms with Gasteiger partial charge in [0, 0.05) is 10.6 Å². The molecule has 0 saturated heterocycles. The predicted molar refractivity (Wildman–Crippen MR) is 94.9 cm³/mol. The minimum Gasteiger partial charge on any atom is -0.289 e. The molecule has 1 nitrogen and oxygen atoms in total. The van der Waals surface area contributed by atoms with Gasteiger partial charge in [0.1, 0.15) is 0 Å². The SMILES string of the molecule is CCCCc1ccc(C=CC(=O)c2ccc(Cl)cc2Cl)cc1. The number of carbonyl (C=O) groups excluding carboxylic acids is 1. The highest BCUT2D eigenvalue weighted by Gasteiger charge is 2.07. The van der Waals surface area contributed by atoms with Gasteiger partial charge in [-0.05, 0) is 48.2 Å². The van der Waals surface area contributed by atoms with Crippen LogP contribution in [-0.2, 0) is 6.42 Å². The van der Waals surface area contributed by atoms with Gasteiger partial charge in [-0.1, -0.05) is 66.9 Å². The zero-order chi connectivity index (χ0) is 15.9. The number of hydrogen-bond donors (Lipinski definition) is 0. The van der Waals surface area contributed by atoms with Crippen LogP contribution in [0.3, 0.4) is 0 Å². The van der Waals surface area contributed by atoms with Crippen molar-refractivity contribution in [3.63, 3.8) is 0 Å². The van der Waals surface area contributed by atoms with Crippen molar-refractivity contribution in [2.45, 2.75) is 26.2 Å². The third-order valence-electron chi connectivity index (χ3n) is 3.42. The van der Waals surface area contributed by atoms with Gasteiger partial charge in [0.2, 0.25) is 0 Å². The molecule has 0 heterocycles. The molecule has 0 aliphatic rings. The maximum atomic E-state index is 12.1. The van der Waals surface area contributed by atoms with Crippen molar-refractivity contribution in [1.82, 2.24) is 0 Å². The highest BCUT2D eigenvalue weighted by atomic mass is 35.5. The molecule has 0 amide bonds. The van der Waals surface area contributed by atoms with Crippen LogP contribution in [0, 0.1) is 0 Å². The largest absolute Gasteiger partial charge is 0.289 e. The van der Waals surface area contributed by atoms with Crippen LogP contribution in [0.1, 0.15) is 41.3 Å². The number of halogens is 2. The number of aryl methyl sites for hydroxylation is 1. The van der Waals surface area contributed by atoms with E-state index in [1.165, 1.54) is 24.5 Å². The smallest absolute Gasteiger partial charge is 0.187 e. The summed E-state index contributed by atoms with van der Waals surface area (Å²) in [5.74, 6) is -0.128. The minimum absolute atomic E-state index is 0.128. The standard InChI is InChI=1S/C19H18Cl2O/c1-2-3-4-14-5-7-15(8-6-14)9-12-19(22)17-11-10-16(20)13-18(17)21/h5-13H,2-4H2,1H3. The van der Waals surface area contributed by atoms with Crippen LogP contribution in [0.4, 0.5) is 0 Å². The third-order valence-corrected chi connectivity index (χ3v) is 3.97. The van der Waals surface area contributed by atoms with Gasteiger partial charge in [-0.2, -0.15) is 0 Å². The first-order valence-corrected chi connectivity index (χ1v) is 8.12. The zero-order valence-electron chi connectivity index (χ0n) is 12.5. The highest BCUT2D eigenvalue weighted by Crippen LogP contribution is 2.22. The van der Waals surface area contributed by atoms with Crippen LogP contribution in [-0.4, -0.2) is 5.78 Å². The first-order chi connectivity index (χ1) is 10.6. The van der Waals surface area contributed by atoms with Crippen LogP contribution in [0.5, 0.6) is 0 Å². The first kappa shape index (κ1) is 16.8. The molecule has 2 aromatic rings. The minimum atomic E-state index is -0.128. The van der Waals surface area contributed by atoms with E-state index in [0.29, 0.717) is 15.6 Å². The first-order valence-electron chi connectivity index (χ1n) is 7.36. The number of hydrogen-bond acceptors (Lipinski definition) is 1. The third kappa shape index (κ3) is 4.72. The van der Waals surface area contributed by atoms with Gasteiger partial charge < -0.3 is 0 Å². The number of allylic oxidation sites excluding steroid dienone is 1. The molecule has 3 heteroatoms. The van der Waals surface area contributed by atoms with Gasteiger partial charge in [0.15, 0.2) is 5.78 Å². The van der Waals surface area contributed by atoms with Crippen LogP contribution >= 0.6 is 23.2 Å². The van der Waals surface area contributed by atoms with E-state index in [4.69, 9.17) is 23.2 Å². The molecule has 0 spiro atoms. The molecular weight excluding hydrogens is 315 g/mol. The van der Waals surface area contributed by atoms with E-state index in [1.54, 1.807) is 24.3 Å². The van der Waals surface area contributed by atoms with Gasteiger partial charge in [-0.3, -0.25) is 4.79 Å². The number of unbranched alkanes of at least 4 members (excludes halogenated alkanes) is 1. The van der Waals surface area contributed by atoms with Crippen molar-refractivity contribution in [1.29, 1.82) is 0 Å². The van der Waals surface area contributed by atoms with Crippen LogP contribution in [0.2, 0.25) is 10.0 Å². The molecule has 0 atom stereocenters. The van der Waals surface area contributed by atoms with Crippen molar-refractivity contribution in [3.05, 3.63) is 75.3 Å². The Balaban J connectivity index is 2.06. The summed E-state index contributed by atoms with van der Waals surface area (Å²) < 4.78 is 0. The lowest BCUT2D eigenvalue weighted by Gasteiger charge is -2.01. The summed E-state index contributed by atoms with van der Waals surface area (Å²) in [5.41, 5.74) is 2.78. The topological polar surface area (TPSA) is 17.1 Å². The molecular formula is C19H18Cl2O. The van der Waals surface area contributed by atoms with Crippen molar-refractivity contribution in [3.8, 4) is 0 Å². The Labute approximate surface area is 141 Å². The molecule has 0 radical (unpaired) electrons. The highest BCUT2D eigenvalue weighted by molar-refractivity contribution is 6.37. The summed E-state index contributed by atoms with van der Waals surface area (Å²) in [6.07, 6.45) is 6.83. The summed E-state index contributed by atoms with van der Waals surface area (Å²) >= 11 is 11.9. The Kier molecular flexibility index (Phi) is 6.23. The van der Waals surface area contributed by atoms with E-state index in [2.05, 4.69) is 19.1 Å². The second-order valence-electron chi connectivity index (χ2n) is 5.17. The lowest BCUT2D eigenvalue weighted by Crippen LogP contribution is -1.95. The second-order valence-corrected chi connectivity index (χ2v) is 6.01. The molecule has 0 aliphatic carbocycles. The molecule has 0 N–H and O–H groups in total. The number of benzene rings is 2. The molecule has 0 fully saturated rings. The van der Waals surface area contributed by atoms with E-state index >= 15 is 0 Å². The van der Waals surface area contributed by atoms with Crippen LogP contribution in [0.25, 0.3) is 6.08 Å². The average Bonchev–Trinajstić information content (AvgIpc) is 2.51. The lowest BCUT2D eigenvalue weighted by molar-refractivity contribution is 0.104. The van der Waals surface area contributed by atoms with Crippen molar-refractivity contribution >= 4 is 35.1 Å². The fourth-order valence-corrected chi connectivity index (χ4v) is 2.63. The fraction of sp³-hybridized carbons (Fsp3) is 0.211. The monoisotopic (exact) mass is 332 g/mol. The number of rotatable bonds is 6. The Hall–Kier alpha value is -1.57. The molecule has 22 heavy (non-hydrogen) atoms. The van der Waals surface area contributed by atoms with E-state index in [-0.39, 0.29) is 5.78 Å². The molecule has 2 rings (SSSR count). The van der Waals surface area contributed by atoms with Gasteiger partial charge >= 0.3 is 0 Å². The summed E-state index contributed by atoms with van der Waals surface area (Å²) in [7, 11) is 0. The Morgan fingerprint density at radius 1 is 1.09 bits per heavy atom. The van der Waals surface area contributed by atoms with Crippen LogP contribution in [0.15, 0.2) is 48.5 Å². The second kappa shape index (κ2) is 8.17. The molecule has 2 aromatic carbocycles. The Morgan fingerprint density at radius 3 is 2.45 bits per heavy atom. The van der Waals surface area contributed by atoms with Gasteiger partial charge in [-0.25, -0.2) is 0 Å². The van der Waals surface area contributed by atoms with E-state index in [9.17, 15) is 4.79 Å². The van der Waals surface area contributed by atoms with E-state index < -0.39 is 0 Å². The Morgan fingerprint density at radius 2 is 1.82 bits per heavy atom. The van der Waals surface area contributed by atoms with Crippen LogP contribution < -0.4 is 0 Å². The van der Waals surface area contributed by atoms with Gasteiger partial charge in [0.25, 0.3) is 0 Å². The van der Waals surface area contributed by atoms with E-state index in [0.717, 1.165) is 12.0 Å². The molecule has 0 unspecified atom stereocenters. The van der Waals surface area contributed by atoms with Gasteiger partial charge in [-0.15, -0.1) is 0 Å². The predicted octanol–water partition coefficient (Wildman–Crippen LogP) is 6.23. The summed E-state index contributed by atoms with van der Waals surface area (Å²) in [6.45, 7) is 2.19. The number of carbonyl (C=O) groups is 1. The van der Waals surface area contributed by atoms with Crippen molar-refractivity contribution in [2.75, 3.05) is 0 Å². The lowest BCUT2D eigenvalue weighted by atomic mass is 10.1. The fourth-order valence-electron chi connectivity index (χ4n) is 2.13. The molecule has 0 aromatic heterocycles. The summed E-state index contributed by atoms with van der Waals surface area (Å²) in [5, 5.41) is 0.894. The Bertz CT molecular complexity index is 672. The zero-order valence-corrected chi connectivity index (χ0v) is 14.0. The molecule has 0 aliphatic heterocycles. The quantitative estimate of drug-likeness (QED) is 0.452. The summed E-state index contributed by atoms with van der Waals surface area (Å²) in [6, 6.07) is 13.1. The van der Waals surface area contributed by atoms with Crippen molar-refractivity contribution < 1.29 is 4.79 Å². The van der Waals surface area contributed by atoms with Gasteiger partial charge in [0.05, 0.1) is 5.02 Å². The van der Waals surface area contributed by atoms with Crippen molar-refractivity contribution in [2.24, 2.45) is 0 Å². The summed E-state index contributed by atoms with van der Waals surface area (Å²) in [4.78, 5) is 12.1. The van der Waals surface area contributed by atoms with E-state index in [1.807, 2.05) is 12.1 Å². The molecule has 114 valence electrons. The number of ketones is 1. The molecule has 0 saturated carbocycles. The normalized spacial score (nSPS) is 11.0. The average molecular weight is 333 g/mol. The maximum absolute atomic E-state index is 12.1.